The molecule has 1 aliphatic rings. The number of carbonyl (C=O) groups is 1. The van der Waals surface area contributed by atoms with Gasteiger partial charge in [0.05, 0.1) is 18.1 Å². The Balaban J connectivity index is 1.66. The minimum absolute atomic E-state index is 0.111. The number of fused-ring (bicyclic) bond motifs is 1. The van der Waals surface area contributed by atoms with Crippen LogP contribution in [0.5, 0.6) is 17.2 Å². The molecule has 0 saturated heterocycles. The number of nitriles is 1. The van der Waals surface area contributed by atoms with Crippen LogP contribution in [0.4, 0.5) is 4.39 Å². The third-order valence-corrected chi connectivity index (χ3v) is 5.00. The molecule has 4 rings (SSSR count). The molecule has 3 aromatic rings. The van der Waals surface area contributed by atoms with Crippen LogP contribution in [0.1, 0.15) is 34.3 Å². The number of rotatable bonds is 5. The summed E-state index contributed by atoms with van der Waals surface area (Å²) in [6.45, 7) is 2.33. The minimum atomic E-state index is -0.738. The van der Waals surface area contributed by atoms with Crippen LogP contribution in [-0.2, 0) is 0 Å². The van der Waals surface area contributed by atoms with E-state index in [9.17, 15) is 14.4 Å². The van der Waals surface area contributed by atoms with Crippen molar-refractivity contribution in [3.8, 4) is 23.3 Å². The summed E-state index contributed by atoms with van der Waals surface area (Å²) < 4.78 is 31.0. The van der Waals surface area contributed by atoms with Crippen molar-refractivity contribution in [1.29, 1.82) is 5.26 Å². The first-order valence-corrected chi connectivity index (χ1v) is 9.92. The molecule has 160 valence electrons. The fourth-order valence-electron chi connectivity index (χ4n) is 3.57. The van der Waals surface area contributed by atoms with Gasteiger partial charge in [0.15, 0.2) is 0 Å². The quantitative estimate of drug-likeness (QED) is 0.467. The second kappa shape index (κ2) is 8.82. The lowest BCUT2D eigenvalue weighted by atomic mass is 9.83. The third kappa shape index (κ3) is 3.98. The van der Waals surface area contributed by atoms with Crippen molar-refractivity contribution < 1.29 is 23.4 Å². The molecule has 0 fully saturated rings. The lowest BCUT2D eigenvalue weighted by Crippen LogP contribution is -2.21. The number of nitrogens with two attached hydrogens (primary N) is 1. The Morgan fingerprint density at radius 3 is 2.66 bits per heavy atom. The molecule has 6 nitrogen and oxygen atoms in total. The van der Waals surface area contributed by atoms with Gasteiger partial charge >= 0.3 is 5.97 Å². The first kappa shape index (κ1) is 20.9. The number of carbonyl (C=O) groups excluding carboxylic acids is 1. The summed E-state index contributed by atoms with van der Waals surface area (Å²) in [5.41, 5.74) is 7.24. The summed E-state index contributed by atoms with van der Waals surface area (Å²) >= 11 is 0. The largest absolute Gasteiger partial charge is 0.494 e. The standard InChI is InChI=1S/C25H19FN2O4/c1-2-30-16-7-5-6-15(12-16)25(29)31-17-10-11-19-22(13-17)32-24(28)20(14-27)23(19)18-8-3-4-9-21(18)26/h3-13,23H,2,28H2,1H3. The van der Waals surface area contributed by atoms with E-state index in [1.165, 1.54) is 12.1 Å². The van der Waals surface area contributed by atoms with Crippen molar-refractivity contribution >= 4 is 5.97 Å². The van der Waals surface area contributed by atoms with Crippen LogP contribution in [0.15, 0.2) is 78.2 Å². The molecule has 0 spiro atoms. The molecule has 7 heteroatoms. The Bertz CT molecular complexity index is 1260. The highest BCUT2D eigenvalue weighted by Gasteiger charge is 2.32. The van der Waals surface area contributed by atoms with E-state index in [-0.39, 0.29) is 23.0 Å². The third-order valence-electron chi connectivity index (χ3n) is 5.00. The van der Waals surface area contributed by atoms with E-state index in [1.54, 1.807) is 54.6 Å². The van der Waals surface area contributed by atoms with Crippen molar-refractivity contribution in [2.75, 3.05) is 6.61 Å². The zero-order valence-electron chi connectivity index (χ0n) is 17.2. The number of ether oxygens (including phenoxy) is 3. The second-order valence-electron chi connectivity index (χ2n) is 7.00. The zero-order valence-corrected chi connectivity index (χ0v) is 17.2. The summed E-state index contributed by atoms with van der Waals surface area (Å²) in [6, 6.07) is 19.5. The number of allylic oxidation sites excluding steroid dienone is 1. The molecule has 0 radical (unpaired) electrons. The summed E-state index contributed by atoms with van der Waals surface area (Å²) in [7, 11) is 0. The van der Waals surface area contributed by atoms with E-state index < -0.39 is 17.7 Å². The van der Waals surface area contributed by atoms with Gasteiger partial charge < -0.3 is 19.9 Å². The molecule has 32 heavy (non-hydrogen) atoms. The van der Waals surface area contributed by atoms with E-state index in [1.807, 2.05) is 13.0 Å². The highest BCUT2D eigenvalue weighted by atomic mass is 19.1. The molecule has 0 amide bonds. The number of hydrogen-bond donors (Lipinski definition) is 1. The molecule has 0 bridgehead atoms. The summed E-state index contributed by atoms with van der Waals surface area (Å²) in [5, 5.41) is 9.60. The normalized spacial score (nSPS) is 14.7. The summed E-state index contributed by atoms with van der Waals surface area (Å²) in [6.07, 6.45) is 0. The molecule has 0 aromatic heterocycles. The van der Waals surface area contributed by atoms with Crippen LogP contribution < -0.4 is 19.9 Å². The van der Waals surface area contributed by atoms with Crippen LogP contribution >= 0.6 is 0 Å². The van der Waals surface area contributed by atoms with Gasteiger partial charge in [0.1, 0.15) is 34.7 Å². The number of halogens is 1. The molecular weight excluding hydrogens is 411 g/mol. The molecule has 1 unspecified atom stereocenters. The van der Waals surface area contributed by atoms with E-state index in [0.717, 1.165) is 0 Å². The van der Waals surface area contributed by atoms with Gasteiger partial charge in [-0.1, -0.05) is 30.3 Å². The molecule has 2 N–H and O–H groups in total. The Hall–Kier alpha value is -4.31. The molecular formula is C25H19FN2O4. The smallest absolute Gasteiger partial charge is 0.343 e. The fraction of sp³-hybridized carbons (Fsp3) is 0.120. The van der Waals surface area contributed by atoms with Gasteiger partial charge in [0.25, 0.3) is 0 Å². The van der Waals surface area contributed by atoms with Crippen molar-refractivity contribution in [2.45, 2.75) is 12.8 Å². The van der Waals surface area contributed by atoms with Crippen LogP contribution in [0.25, 0.3) is 0 Å². The minimum Gasteiger partial charge on any atom is -0.494 e. The molecule has 0 aliphatic carbocycles. The number of hydrogen-bond acceptors (Lipinski definition) is 6. The number of benzene rings is 3. The predicted molar refractivity (Wildman–Crippen MR) is 115 cm³/mol. The highest BCUT2D eigenvalue weighted by molar-refractivity contribution is 5.91. The Morgan fingerprint density at radius 1 is 1.09 bits per heavy atom. The van der Waals surface area contributed by atoms with E-state index in [0.29, 0.717) is 29.0 Å². The molecule has 1 aliphatic heterocycles. The van der Waals surface area contributed by atoms with Crippen LogP contribution in [-0.4, -0.2) is 12.6 Å². The van der Waals surface area contributed by atoms with E-state index >= 15 is 0 Å². The maximum atomic E-state index is 14.5. The SMILES string of the molecule is CCOc1cccc(C(=O)Oc2ccc3c(c2)OC(N)=C(C#N)C3c2ccccc2F)c1. The second-order valence-corrected chi connectivity index (χ2v) is 7.00. The van der Waals surface area contributed by atoms with Crippen LogP contribution in [0, 0.1) is 17.1 Å². The van der Waals surface area contributed by atoms with E-state index in [4.69, 9.17) is 19.9 Å². The van der Waals surface area contributed by atoms with Gasteiger partial charge in [-0.15, -0.1) is 0 Å². The van der Waals surface area contributed by atoms with Gasteiger partial charge in [0, 0.05) is 17.2 Å². The monoisotopic (exact) mass is 430 g/mol. The lowest BCUT2D eigenvalue weighted by molar-refractivity contribution is 0.0734. The Labute approximate surface area is 184 Å². The first-order valence-electron chi connectivity index (χ1n) is 9.92. The lowest BCUT2D eigenvalue weighted by Gasteiger charge is -2.27. The zero-order chi connectivity index (χ0) is 22.7. The van der Waals surface area contributed by atoms with Crippen molar-refractivity contribution in [1.82, 2.24) is 0 Å². The van der Waals surface area contributed by atoms with Gasteiger partial charge in [0.2, 0.25) is 5.88 Å². The maximum Gasteiger partial charge on any atom is 0.343 e. The Kier molecular flexibility index (Phi) is 5.77. The molecule has 1 atom stereocenters. The van der Waals surface area contributed by atoms with Gasteiger partial charge in [-0.05, 0) is 37.3 Å². The van der Waals surface area contributed by atoms with Gasteiger partial charge in [-0.3, -0.25) is 0 Å². The predicted octanol–water partition coefficient (Wildman–Crippen LogP) is 4.66. The fourth-order valence-corrected chi connectivity index (χ4v) is 3.57. The van der Waals surface area contributed by atoms with Crippen molar-refractivity contribution in [3.05, 3.63) is 101 Å². The summed E-state index contributed by atoms with van der Waals surface area (Å²) in [5.74, 6) is -0.840. The van der Waals surface area contributed by atoms with E-state index in [2.05, 4.69) is 0 Å². The van der Waals surface area contributed by atoms with Crippen LogP contribution in [0.2, 0.25) is 0 Å². The number of esters is 1. The van der Waals surface area contributed by atoms with Crippen molar-refractivity contribution in [3.63, 3.8) is 0 Å². The average Bonchev–Trinajstić information content (AvgIpc) is 2.79. The van der Waals surface area contributed by atoms with Crippen LogP contribution in [0.3, 0.4) is 0 Å². The highest BCUT2D eigenvalue weighted by Crippen LogP contribution is 2.44. The number of nitrogens with zero attached hydrogens (tertiary/aromatic N) is 1. The van der Waals surface area contributed by atoms with Crippen molar-refractivity contribution in [2.24, 2.45) is 5.73 Å². The average molecular weight is 430 g/mol. The maximum absolute atomic E-state index is 14.5. The Morgan fingerprint density at radius 2 is 1.91 bits per heavy atom. The van der Waals surface area contributed by atoms with Gasteiger partial charge in [-0.2, -0.15) is 5.26 Å². The summed E-state index contributed by atoms with van der Waals surface area (Å²) in [4.78, 5) is 12.6. The van der Waals surface area contributed by atoms with Gasteiger partial charge in [-0.25, -0.2) is 9.18 Å². The molecule has 0 saturated carbocycles. The molecule has 3 aromatic carbocycles. The molecule has 1 heterocycles. The first-order chi connectivity index (χ1) is 15.5. The topological polar surface area (TPSA) is 94.6 Å².